The molecule has 0 amide bonds. The summed E-state index contributed by atoms with van der Waals surface area (Å²) in [5, 5.41) is 3.22. The number of allylic oxidation sites excluding steroid dienone is 6. The molecule has 1 aliphatic heterocycles. The average molecular weight is 309 g/mol. The summed E-state index contributed by atoms with van der Waals surface area (Å²) in [5.74, 6) is -0.417. The van der Waals surface area contributed by atoms with Gasteiger partial charge in [0.15, 0.2) is 0 Å². The molecule has 4 heteroatoms. The number of fused-ring (bicyclic) bond motifs is 1. The average Bonchev–Trinajstić information content (AvgIpc) is 2.66. The van der Waals surface area contributed by atoms with Gasteiger partial charge in [-0.2, -0.15) is 0 Å². The highest BCUT2D eigenvalue weighted by molar-refractivity contribution is 6.17. The Morgan fingerprint density at radius 3 is 2.87 bits per heavy atom. The molecule has 0 bridgehead atoms. The summed E-state index contributed by atoms with van der Waals surface area (Å²) in [5.41, 5.74) is 10.8. The molecular formula is C19H20FN3. The molecule has 1 aromatic rings. The van der Waals surface area contributed by atoms with Crippen LogP contribution in [0.4, 0.5) is 10.1 Å². The molecule has 0 saturated heterocycles. The second-order valence-electron chi connectivity index (χ2n) is 5.21. The Labute approximate surface area is 136 Å². The van der Waals surface area contributed by atoms with Gasteiger partial charge in [0, 0.05) is 11.3 Å². The Bertz CT molecular complexity index is 754. The van der Waals surface area contributed by atoms with Gasteiger partial charge in [0.25, 0.3) is 0 Å². The molecule has 118 valence electrons. The second-order valence-corrected chi connectivity index (χ2v) is 5.21. The zero-order valence-electron chi connectivity index (χ0n) is 13.1. The van der Waals surface area contributed by atoms with E-state index in [4.69, 9.17) is 5.73 Å². The molecule has 1 heterocycles. The number of rotatable bonds is 4. The van der Waals surface area contributed by atoms with Crippen molar-refractivity contribution in [3.05, 3.63) is 90.5 Å². The highest BCUT2D eigenvalue weighted by Crippen LogP contribution is 2.28. The highest BCUT2D eigenvalue weighted by atomic mass is 19.1. The third kappa shape index (κ3) is 3.73. The number of para-hydroxylation sites is 1. The molecule has 0 saturated carbocycles. The fraction of sp³-hybridized carbons (Fsp3) is 0.105. The molecule has 23 heavy (non-hydrogen) atoms. The number of hydrogen-bond acceptors (Lipinski definition) is 3. The monoisotopic (exact) mass is 309 g/mol. The predicted octanol–water partition coefficient (Wildman–Crippen LogP) is 4.16. The minimum Gasteiger partial charge on any atom is -0.356 e. The van der Waals surface area contributed by atoms with Gasteiger partial charge in [-0.25, -0.2) is 4.39 Å². The predicted molar refractivity (Wildman–Crippen MR) is 96.1 cm³/mol. The molecule has 0 fully saturated rings. The number of nitrogens with one attached hydrogen (secondary N) is 1. The number of aryl methyl sites for hydroxylation is 1. The number of nitrogens with zero attached hydrogens (tertiary/aromatic N) is 1. The Hall–Kier alpha value is -2.72. The van der Waals surface area contributed by atoms with Gasteiger partial charge in [0.05, 0.1) is 11.4 Å². The van der Waals surface area contributed by atoms with Crippen molar-refractivity contribution in [1.82, 2.24) is 0 Å². The van der Waals surface area contributed by atoms with Gasteiger partial charge in [-0.1, -0.05) is 50.1 Å². The smallest absolute Gasteiger partial charge is 0.138 e. The lowest BCUT2D eigenvalue weighted by molar-refractivity contribution is 0.668. The highest BCUT2D eigenvalue weighted by Gasteiger charge is 2.20. The van der Waals surface area contributed by atoms with E-state index in [9.17, 15) is 4.39 Å². The van der Waals surface area contributed by atoms with Crippen molar-refractivity contribution in [3.8, 4) is 0 Å². The summed E-state index contributed by atoms with van der Waals surface area (Å²) in [4.78, 5) is 4.50. The van der Waals surface area contributed by atoms with E-state index in [-0.39, 0.29) is 0 Å². The van der Waals surface area contributed by atoms with Crippen LogP contribution in [0.3, 0.4) is 0 Å². The molecule has 0 radical (unpaired) electrons. The summed E-state index contributed by atoms with van der Waals surface area (Å²) >= 11 is 0. The van der Waals surface area contributed by atoms with E-state index in [0.29, 0.717) is 17.0 Å². The van der Waals surface area contributed by atoms with E-state index in [1.165, 1.54) is 6.08 Å². The van der Waals surface area contributed by atoms with Crippen molar-refractivity contribution in [1.29, 1.82) is 0 Å². The zero-order valence-corrected chi connectivity index (χ0v) is 13.1. The summed E-state index contributed by atoms with van der Waals surface area (Å²) in [6.07, 6.45) is 5.12. The maximum Gasteiger partial charge on any atom is 0.138 e. The molecule has 0 aliphatic carbocycles. The minimum atomic E-state index is -0.581. The molecular weight excluding hydrogens is 289 g/mol. The standard InChI is InChI=1S/C19H20FN3/c1-5-15(20)10-6-8-13(3)18-16-11-7-9-12(2)17(16)22-14(4)19(21)23-18/h5-11,19,22H,1,3-4,21H2,2H3/b8-6-,15-10+. The minimum absolute atomic E-state index is 0.417. The van der Waals surface area contributed by atoms with Gasteiger partial charge in [-0.15, -0.1) is 0 Å². The molecule has 2 rings (SSSR count). The fourth-order valence-electron chi connectivity index (χ4n) is 2.21. The number of hydrogen-bond donors (Lipinski definition) is 2. The first-order valence-electron chi connectivity index (χ1n) is 7.18. The van der Waals surface area contributed by atoms with Crippen LogP contribution in [0.1, 0.15) is 11.1 Å². The summed E-state index contributed by atoms with van der Waals surface area (Å²) in [6.45, 7) is 13.3. The van der Waals surface area contributed by atoms with Gasteiger partial charge >= 0.3 is 0 Å². The molecule has 1 unspecified atom stereocenters. The van der Waals surface area contributed by atoms with Crippen molar-refractivity contribution in [2.24, 2.45) is 10.7 Å². The van der Waals surface area contributed by atoms with Crippen LogP contribution in [0.2, 0.25) is 0 Å². The van der Waals surface area contributed by atoms with Crippen molar-refractivity contribution in [3.63, 3.8) is 0 Å². The largest absolute Gasteiger partial charge is 0.356 e. The Morgan fingerprint density at radius 1 is 1.43 bits per heavy atom. The van der Waals surface area contributed by atoms with E-state index in [2.05, 4.69) is 30.0 Å². The van der Waals surface area contributed by atoms with Crippen molar-refractivity contribution < 1.29 is 4.39 Å². The number of benzene rings is 1. The van der Waals surface area contributed by atoms with Crippen LogP contribution < -0.4 is 11.1 Å². The third-order valence-electron chi connectivity index (χ3n) is 3.49. The van der Waals surface area contributed by atoms with Gasteiger partial charge in [-0.3, -0.25) is 4.99 Å². The molecule has 0 spiro atoms. The fourth-order valence-corrected chi connectivity index (χ4v) is 2.21. The van der Waals surface area contributed by atoms with Crippen LogP contribution in [0.5, 0.6) is 0 Å². The van der Waals surface area contributed by atoms with Crippen molar-refractivity contribution >= 4 is 11.4 Å². The Balaban J connectivity index is 2.46. The second kappa shape index (κ2) is 7.03. The first-order valence-corrected chi connectivity index (χ1v) is 7.18. The lowest BCUT2D eigenvalue weighted by atomic mass is 9.99. The van der Waals surface area contributed by atoms with Crippen LogP contribution in [0.25, 0.3) is 0 Å². The number of halogens is 1. The third-order valence-corrected chi connectivity index (χ3v) is 3.49. The van der Waals surface area contributed by atoms with Crippen LogP contribution in [0, 0.1) is 6.92 Å². The van der Waals surface area contributed by atoms with Gasteiger partial charge in [0.2, 0.25) is 0 Å². The molecule has 0 aromatic heterocycles. The molecule has 3 nitrogen and oxygen atoms in total. The maximum atomic E-state index is 13.1. The molecule has 1 aliphatic rings. The molecule has 3 N–H and O–H groups in total. The van der Waals surface area contributed by atoms with Crippen LogP contribution in [-0.4, -0.2) is 11.9 Å². The number of aliphatic imine (C=N–C) groups is 1. The Morgan fingerprint density at radius 2 is 2.17 bits per heavy atom. The van der Waals surface area contributed by atoms with Gasteiger partial charge in [-0.05, 0) is 30.2 Å². The molecule has 1 atom stereocenters. The van der Waals surface area contributed by atoms with E-state index in [0.717, 1.165) is 22.9 Å². The van der Waals surface area contributed by atoms with Crippen LogP contribution in [0.15, 0.2) is 84.3 Å². The van der Waals surface area contributed by atoms with E-state index >= 15 is 0 Å². The normalized spacial score (nSPS) is 18.0. The number of nitrogens with two attached hydrogens (primary N) is 1. The van der Waals surface area contributed by atoms with Gasteiger partial charge < -0.3 is 11.1 Å². The number of anilines is 1. The SMILES string of the molecule is C=C/C(F)=C\C=C/C(=C)C1=NC(N)C(=C)Nc2c(C)cccc21. The summed E-state index contributed by atoms with van der Waals surface area (Å²) in [6, 6.07) is 5.88. The van der Waals surface area contributed by atoms with Crippen LogP contribution in [-0.2, 0) is 0 Å². The molecule has 1 aromatic carbocycles. The van der Waals surface area contributed by atoms with Crippen molar-refractivity contribution in [2.45, 2.75) is 13.1 Å². The summed E-state index contributed by atoms with van der Waals surface area (Å²) < 4.78 is 13.1. The lowest BCUT2D eigenvalue weighted by Gasteiger charge is -2.13. The quantitative estimate of drug-likeness (QED) is 0.821. The number of benzodiazepines with no additional fused rings is 1. The topological polar surface area (TPSA) is 50.4 Å². The first kappa shape index (κ1) is 16.6. The van der Waals surface area contributed by atoms with Crippen LogP contribution >= 0.6 is 0 Å². The zero-order chi connectivity index (χ0) is 17.0. The summed E-state index contributed by atoms with van der Waals surface area (Å²) in [7, 11) is 0. The van der Waals surface area contributed by atoms with Gasteiger partial charge in [0.1, 0.15) is 12.0 Å². The first-order chi connectivity index (χ1) is 10.9. The maximum absolute atomic E-state index is 13.1. The van der Waals surface area contributed by atoms with E-state index < -0.39 is 12.0 Å². The Kier molecular flexibility index (Phi) is 5.09. The van der Waals surface area contributed by atoms with E-state index in [1.54, 1.807) is 12.2 Å². The van der Waals surface area contributed by atoms with E-state index in [1.807, 2.05) is 25.1 Å². The lowest BCUT2D eigenvalue weighted by Crippen LogP contribution is -2.23. The van der Waals surface area contributed by atoms with Crippen molar-refractivity contribution in [2.75, 3.05) is 5.32 Å².